The fourth-order valence-electron chi connectivity index (χ4n) is 4.47. The largest absolute Gasteiger partial charge is 0.387 e. The number of H-pyrrole nitrogens is 1. The normalized spacial score (nSPS) is 34.3. The van der Waals surface area contributed by atoms with E-state index in [2.05, 4.69) is 9.97 Å². The van der Waals surface area contributed by atoms with Gasteiger partial charge >= 0.3 is 7.60 Å². The van der Waals surface area contributed by atoms with Crippen molar-refractivity contribution in [3.8, 4) is 0 Å². The van der Waals surface area contributed by atoms with Crippen LogP contribution in [-0.2, 0) is 18.3 Å². The molecule has 35 heavy (non-hydrogen) atoms. The predicted molar refractivity (Wildman–Crippen MR) is 125 cm³/mol. The quantitative estimate of drug-likeness (QED) is 0.313. The van der Waals surface area contributed by atoms with Crippen molar-refractivity contribution in [3.05, 3.63) is 57.5 Å². The number of aromatic nitrogens is 3. The molecule has 0 bridgehead atoms. The lowest BCUT2D eigenvalue weighted by atomic mass is 9.96. The van der Waals surface area contributed by atoms with Crippen LogP contribution in [0.5, 0.6) is 0 Å². The Morgan fingerprint density at radius 3 is 2.91 bits per heavy atom. The highest BCUT2D eigenvalue weighted by molar-refractivity contribution is 7.54. The van der Waals surface area contributed by atoms with Gasteiger partial charge < -0.3 is 34.9 Å². The summed E-state index contributed by atoms with van der Waals surface area (Å²) in [5, 5.41) is 33.7. The second-order valence-electron chi connectivity index (χ2n) is 8.76. The maximum atomic E-state index is 13.6. The average molecular weight is 527 g/mol. The topological polar surface area (TPSA) is 182 Å². The second kappa shape index (κ2) is 8.68. The van der Waals surface area contributed by atoms with Crippen molar-refractivity contribution < 1.29 is 33.7 Å². The lowest BCUT2D eigenvalue weighted by Gasteiger charge is -2.35. The summed E-state index contributed by atoms with van der Waals surface area (Å²) < 4.78 is 31.8. The van der Waals surface area contributed by atoms with Gasteiger partial charge in [-0.05, 0) is 30.7 Å². The van der Waals surface area contributed by atoms with Crippen LogP contribution >= 0.6 is 19.2 Å². The molecule has 5 rings (SSSR count). The van der Waals surface area contributed by atoms with Crippen molar-refractivity contribution >= 4 is 36.2 Å². The smallest absolute Gasteiger partial charge is 0.362 e. The van der Waals surface area contributed by atoms with Crippen LogP contribution in [0.3, 0.4) is 0 Å². The molecule has 2 aliphatic rings. The van der Waals surface area contributed by atoms with Crippen LogP contribution < -0.4 is 11.3 Å². The molecule has 1 unspecified atom stereocenters. The van der Waals surface area contributed by atoms with E-state index >= 15 is 0 Å². The zero-order chi connectivity index (χ0) is 25.1. The minimum atomic E-state index is -4.23. The summed E-state index contributed by atoms with van der Waals surface area (Å²) in [4.78, 5) is 18.6. The zero-order valence-electron chi connectivity index (χ0n) is 18.4. The lowest BCUT2D eigenvalue weighted by Crippen LogP contribution is -2.46. The number of halogens is 1. The van der Waals surface area contributed by atoms with E-state index in [1.54, 1.807) is 24.3 Å². The first-order chi connectivity index (χ1) is 16.5. The summed E-state index contributed by atoms with van der Waals surface area (Å²) in [6, 6.07) is 8.26. The molecule has 2 aliphatic heterocycles. The minimum Gasteiger partial charge on any atom is -0.387 e. The number of hydrogen-bond acceptors (Lipinski definition) is 10. The van der Waals surface area contributed by atoms with Gasteiger partial charge in [0.15, 0.2) is 17.7 Å². The molecule has 2 saturated heterocycles. The van der Waals surface area contributed by atoms with Gasteiger partial charge in [-0.15, -0.1) is 0 Å². The first-order valence-corrected chi connectivity index (χ1v) is 12.8. The number of hydrogen-bond donors (Lipinski definition) is 5. The van der Waals surface area contributed by atoms with Crippen LogP contribution in [0.15, 0.2) is 41.3 Å². The number of fused-ring (bicyclic) bond motifs is 1. The number of ether oxygens (including phenoxy) is 1. The molecule has 0 amide bonds. The van der Waals surface area contributed by atoms with Crippen molar-refractivity contribution in [1.29, 1.82) is 0 Å². The molecule has 6 N–H and O–H groups in total. The monoisotopic (exact) mass is 526 g/mol. The predicted octanol–water partition coefficient (Wildman–Crippen LogP) is 1.66. The number of rotatable bonds is 4. The molecule has 14 heteroatoms. The molecule has 1 aromatic carbocycles. The molecule has 0 radical (unpaired) electrons. The van der Waals surface area contributed by atoms with E-state index in [0.717, 1.165) is 0 Å². The van der Waals surface area contributed by atoms with Crippen LogP contribution in [0.1, 0.15) is 31.2 Å². The average Bonchev–Trinajstić information content (AvgIpc) is 3.32. The van der Waals surface area contributed by atoms with Gasteiger partial charge in [0.2, 0.25) is 5.95 Å². The fourth-order valence-corrected chi connectivity index (χ4v) is 6.54. The van der Waals surface area contributed by atoms with E-state index in [1.165, 1.54) is 23.8 Å². The molecule has 2 fully saturated rings. The van der Waals surface area contributed by atoms with Gasteiger partial charge in [-0.2, -0.15) is 4.98 Å². The van der Waals surface area contributed by atoms with Crippen LogP contribution in [-0.4, -0.2) is 60.1 Å². The maximum absolute atomic E-state index is 13.6. The molecule has 4 heterocycles. The molecule has 12 nitrogen and oxygen atoms in total. The standard InChI is InChI=1S/C21H24ClN4O8P/c1-21(30)15(27)14(33-19(21)26-7-5-12-16(26)24-20(23)25-17(12)28)18(29)35(31)32-8-6-13(34-35)10-3-2-4-11(22)9-10/h2-5,7,9,13-15,18-19,27,29-30H,6,8H2,1H3,(H3,23,24,25,28)/t13-,14-,15+,18?,19+,21+,35+/m0/s1. The van der Waals surface area contributed by atoms with Gasteiger partial charge in [0, 0.05) is 17.6 Å². The Morgan fingerprint density at radius 1 is 1.40 bits per heavy atom. The molecule has 0 aliphatic carbocycles. The molecule has 188 valence electrons. The Labute approximate surface area is 203 Å². The molecule has 7 atom stereocenters. The minimum absolute atomic E-state index is 0.0162. The Morgan fingerprint density at radius 2 is 2.17 bits per heavy atom. The number of nitrogens with one attached hydrogen (secondary N) is 1. The van der Waals surface area contributed by atoms with Crippen LogP contribution in [0.2, 0.25) is 5.02 Å². The van der Waals surface area contributed by atoms with Crippen molar-refractivity contribution in [3.63, 3.8) is 0 Å². The van der Waals surface area contributed by atoms with E-state index < -0.39 is 49.1 Å². The lowest BCUT2D eigenvalue weighted by molar-refractivity contribution is -0.0973. The number of anilines is 1. The van der Waals surface area contributed by atoms with Crippen LogP contribution in [0, 0.1) is 0 Å². The molecule has 0 spiro atoms. The number of nitrogens with zero attached hydrogens (tertiary/aromatic N) is 2. The highest BCUT2D eigenvalue weighted by atomic mass is 35.5. The molecular weight excluding hydrogens is 503 g/mol. The Hall–Kier alpha value is -2.28. The van der Waals surface area contributed by atoms with Gasteiger partial charge in [0.05, 0.1) is 18.1 Å². The van der Waals surface area contributed by atoms with Gasteiger partial charge in [-0.25, -0.2) is 0 Å². The zero-order valence-corrected chi connectivity index (χ0v) is 20.1. The van der Waals surface area contributed by atoms with Crippen LogP contribution in [0.4, 0.5) is 5.95 Å². The van der Waals surface area contributed by atoms with Crippen molar-refractivity contribution in [2.24, 2.45) is 0 Å². The molecular formula is C21H24ClN4O8P. The van der Waals surface area contributed by atoms with Crippen molar-refractivity contribution in [2.75, 3.05) is 12.3 Å². The van der Waals surface area contributed by atoms with Crippen LogP contribution in [0.25, 0.3) is 11.0 Å². The van der Waals surface area contributed by atoms with E-state index in [1.807, 2.05) is 0 Å². The third kappa shape index (κ3) is 4.09. The van der Waals surface area contributed by atoms with Crippen molar-refractivity contribution in [1.82, 2.24) is 14.5 Å². The highest BCUT2D eigenvalue weighted by Crippen LogP contribution is 2.61. The first kappa shape index (κ1) is 24.4. The SMILES string of the molecule is C[C@@]1(O)[C@H](O)[C@@H](C(O)[P@@]2(=O)OCC[C@@H](c3cccc(Cl)c3)O2)O[C@H]1n1ccc2c(=O)[nH]c(N)nc21. The number of nitrogen functional groups attached to an aromatic ring is 1. The maximum Gasteiger partial charge on any atom is 0.362 e. The number of nitrogens with two attached hydrogens (primary N) is 1. The van der Waals surface area contributed by atoms with Gasteiger partial charge in [0.1, 0.15) is 17.8 Å². The van der Waals surface area contributed by atoms with Gasteiger partial charge in [0.25, 0.3) is 5.56 Å². The Kier molecular flexibility index (Phi) is 6.06. The third-order valence-electron chi connectivity index (χ3n) is 6.31. The third-order valence-corrected chi connectivity index (χ3v) is 8.58. The Bertz CT molecular complexity index is 1380. The van der Waals surface area contributed by atoms with E-state index in [4.69, 9.17) is 31.1 Å². The van der Waals surface area contributed by atoms with Crippen molar-refractivity contribution in [2.45, 2.75) is 49.3 Å². The van der Waals surface area contributed by atoms with Gasteiger partial charge in [-0.3, -0.25) is 18.9 Å². The highest BCUT2D eigenvalue weighted by Gasteiger charge is 2.60. The summed E-state index contributed by atoms with van der Waals surface area (Å²) in [5.74, 6) is -2.09. The summed E-state index contributed by atoms with van der Waals surface area (Å²) in [5.41, 5.74) is 3.92. The second-order valence-corrected chi connectivity index (χ2v) is 11.3. The summed E-state index contributed by atoms with van der Waals surface area (Å²) in [6.07, 6.45) is -3.46. The fraction of sp³-hybridized carbons (Fsp3) is 0.429. The first-order valence-electron chi connectivity index (χ1n) is 10.8. The van der Waals surface area contributed by atoms with E-state index in [9.17, 15) is 24.7 Å². The Balaban J connectivity index is 1.44. The summed E-state index contributed by atoms with van der Waals surface area (Å²) in [7, 11) is -4.23. The van der Waals surface area contributed by atoms with E-state index in [-0.39, 0.29) is 23.6 Å². The molecule has 0 saturated carbocycles. The summed E-state index contributed by atoms with van der Waals surface area (Å²) in [6.45, 7) is 1.30. The molecule has 3 aromatic rings. The number of aliphatic hydroxyl groups excluding tert-OH is 2. The number of benzene rings is 1. The van der Waals surface area contributed by atoms with E-state index in [0.29, 0.717) is 17.0 Å². The summed E-state index contributed by atoms with van der Waals surface area (Å²) >= 11 is 6.05. The number of aliphatic hydroxyl groups is 3. The molecule has 2 aromatic heterocycles. The number of aromatic amines is 1. The van der Waals surface area contributed by atoms with Gasteiger partial charge in [-0.1, -0.05) is 23.7 Å².